The van der Waals surface area contributed by atoms with E-state index in [1.165, 1.54) is 6.92 Å². The third kappa shape index (κ3) is 4.20. The smallest absolute Gasteiger partial charge is 0.255 e. The maximum Gasteiger partial charge on any atom is 0.255 e. The summed E-state index contributed by atoms with van der Waals surface area (Å²) in [4.78, 5) is 28.3. The molecule has 5 nitrogen and oxygen atoms in total. The molecule has 3 aromatic rings. The minimum absolute atomic E-state index is 0.159. The van der Waals surface area contributed by atoms with Gasteiger partial charge in [0, 0.05) is 29.9 Å². The van der Waals surface area contributed by atoms with E-state index in [1.54, 1.807) is 30.5 Å². The second kappa shape index (κ2) is 7.83. The summed E-state index contributed by atoms with van der Waals surface area (Å²) in [6.07, 6.45) is 1.67. The van der Waals surface area contributed by atoms with Crippen LogP contribution in [0, 0.1) is 13.8 Å². The van der Waals surface area contributed by atoms with E-state index in [1.807, 2.05) is 44.2 Å². The molecule has 27 heavy (non-hydrogen) atoms. The second-order valence-electron chi connectivity index (χ2n) is 6.36. The molecule has 1 heterocycles. The average molecular weight is 359 g/mol. The Kier molecular flexibility index (Phi) is 5.31. The Morgan fingerprint density at radius 2 is 1.56 bits per heavy atom. The highest BCUT2D eigenvalue weighted by atomic mass is 16.2. The van der Waals surface area contributed by atoms with Crippen molar-refractivity contribution in [3.8, 4) is 11.3 Å². The third-order valence-electron chi connectivity index (χ3n) is 4.39. The van der Waals surface area contributed by atoms with Crippen molar-refractivity contribution in [2.75, 3.05) is 10.6 Å². The van der Waals surface area contributed by atoms with E-state index in [2.05, 4.69) is 15.6 Å². The molecule has 0 bridgehead atoms. The Hall–Kier alpha value is -3.47. The van der Waals surface area contributed by atoms with Gasteiger partial charge in [-0.15, -0.1) is 0 Å². The molecule has 3 rings (SSSR count). The summed E-state index contributed by atoms with van der Waals surface area (Å²) in [5.74, 6) is -0.327. The van der Waals surface area contributed by atoms with Crippen molar-refractivity contribution in [2.24, 2.45) is 0 Å². The molecule has 2 amide bonds. The first-order valence-corrected chi connectivity index (χ1v) is 8.66. The summed E-state index contributed by atoms with van der Waals surface area (Å²) in [6.45, 7) is 5.45. The topological polar surface area (TPSA) is 71.1 Å². The number of pyridine rings is 1. The first kappa shape index (κ1) is 18.3. The number of carbonyl (C=O) groups is 2. The molecule has 0 aliphatic carbocycles. The van der Waals surface area contributed by atoms with Crippen LogP contribution in [0.4, 0.5) is 11.4 Å². The molecule has 0 spiro atoms. The van der Waals surface area contributed by atoms with Gasteiger partial charge >= 0.3 is 0 Å². The lowest BCUT2D eigenvalue weighted by Crippen LogP contribution is -2.13. The van der Waals surface area contributed by atoms with E-state index in [9.17, 15) is 9.59 Å². The van der Waals surface area contributed by atoms with Crippen molar-refractivity contribution in [1.82, 2.24) is 4.98 Å². The molecule has 5 heteroatoms. The number of aryl methyl sites for hydroxylation is 1. The largest absolute Gasteiger partial charge is 0.324 e. The normalized spacial score (nSPS) is 10.3. The van der Waals surface area contributed by atoms with Crippen molar-refractivity contribution >= 4 is 23.2 Å². The first-order chi connectivity index (χ1) is 13.0. The monoisotopic (exact) mass is 359 g/mol. The summed E-state index contributed by atoms with van der Waals surface area (Å²) < 4.78 is 0. The minimum atomic E-state index is -0.168. The van der Waals surface area contributed by atoms with E-state index >= 15 is 0 Å². The number of nitrogens with one attached hydrogen (secondary N) is 2. The number of nitrogens with zero attached hydrogens (tertiary/aromatic N) is 1. The van der Waals surface area contributed by atoms with Crippen LogP contribution in [0.3, 0.4) is 0 Å². The van der Waals surface area contributed by atoms with E-state index in [0.29, 0.717) is 16.9 Å². The van der Waals surface area contributed by atoms with Gasteiger partial charge in [0.25, 0.3) is 5.91 Å². The highest BCUT2D eigenvalue weighted by Gasteiger charge is 2.11. The predicted octanol–water partition coefficient (Wildman–Crippen LogP) is 4.58. The highest BCUT2D eigenvalue weighted by molar-refractivity contribution is 6.05. The zero-order chi connectivity index (χ0) is 19.4. The van der Waals surface area contributed by atoms with Crippen LogP contribution in [0.5, 0.6) is 0 Å². The van der Waals surface area contributed by atoms with Gasteiger partial charge in [-0.1, -0.05) is 24.3 Å². The third-order valence-corrected chi connectivity index (χ3v) is 4.39. The molecule has 0 saturated heterocycles. The van der Waals surface area contributed by atoms with E-state index in [0.717, 1.165) is 22.4 Å². The van der Waals surface area contributed by atoms with Gasteiger partial charge in [0.15, 0.2) is 0 Å². The fraction of sp³-hybridized carbons (Fsp3) is 0.136. The lowest BCUT2D eigenvalue weighted by atomic mass is 10.1. The lowest BCUT2D eigenvalue weighted by molar-refractivity contribution is -0.114. The molecule has 0 radical (unpaired) electrons. The fourth-order valence-corrected chi connectivity index (χ4v) is 2.79. The Labute approximate surface area is 158 Å². The molecule has 0 unspecified atom stereocenters. The minimum Gasteiger partial charge on any atom is -0.324 e. The molecular formula is C22H21N3O2. The van der Waals surface area contributed by atoms with Crippen molar-refractivity contribution in [3.05, 3.63) is 77.5 Å². The molecule has 0 aliphatic heterocycles. The molecule has 0 atom stereocenters. The van der Waals surface area contributed by atoms with Gasteiger partial charge in [-0.2, -0.15) is 0 Å². The molecule has 0 aliphatic rings. The summed E-state index contributed by atoms with van der Waals surface area (Å²) >= 11 is 0. The van der Waals surface area contributed by atoms with Gasteiger partial charge in [0.05, 0.1) is 11.4 Å². The van der Waals surface area contributed by atoms with Crippen LogP contribution < -0.4 is 10.6 Å². The molecular weight excluding hydrogens is 338 g/mol. The molecule has 0 fully saturated rings. The van der Waals surface area contributed by atoms with Crippen LogP contribution in [-0.2, 0) is 4.79 Å². The summed E-state index contributed by atoms with van der Waals surface area (Å²) in [5.41, 5.74) is 5.66. The van der Waals surface area contributed by atoms with Crippen LogP contribution in [0.1, 0.15) is 28.4 Å². The lowest BCUT2D eigenvalue weighted by Gasteiger charge is -2.11. The molecule has 2 N–H and O–H groups in total. The number of amides is 2. The number of rotatable bonds is 4. The predicted molar refractivity (Wildman–Crippen MR) is 108 cm³/mol. The van der Waals surface area contributed by atoms with Gasteiger partial charge in [-0.25, -0.2) is 0 Å². The van der Waals surface area contributed by atoms with Crippen LogP contribution >= 0.6 is 0 Å². The molecule has 2 aromatic carbocycles. The van der Waals surface area contributed by atoms with Crippen molar-refractivity contribution in [1.29, 1.82) is 0 Å². The van der Waals surface area contributed by atoms with E-state index in [-0.39, 0.29) is 11.8 Å². The Bertz CT molecular complexity index is 995. The van der Waals surface area contributed by atoms with Gasteiger partial charge in [-0.05, 0) is 55.3 Å². The van der Waals surface area contributed by atoms with Gasteiger partial charge in [0.2, 0.25) is 5.91 Å². The number of benzene rings is 2. The summed E-state index contributed by atoms with van der Waals surface area (Å²) in [7, 11) is 0. The van der Waals surface area contributed by atoms with Crippen molar-refractivity contribution < 1.29 is 9.59 Å². The maximum atomic E-state index is 12.6. The molecule has 1 aromatic heterocycles. The molecule has 0 saturated carbocycles. The summed E-state index contributed by atoms with van der Waals surface area (Å²) in [6, 6.07) is 16.5. The standard InChI is InChI=1S/C22H21N3O2/c1-14-6-4-7-19(15(14)2)25-22(27)18-11-9-17(10-12-18)21-20(24-16(3)26)8-5-13-23-21/h4-13H,1-3H3,(H,24,26)(H,25,27). The van der Waals surface area contributed by atoms with Crippen molar-refractivity contribution in [2.45, 2.75) is 20.8 Å². The first-order valence-electron chi connectivity index (χ1n) is 8.66. The second-order valence-corrected chi connectivity index (χ2v) is 6.36. The zero-order valence-electron chi connectivity index (χ0n) is 15.5. The quantitative estimate of drug-likeness (QED) is 0.716. The van der Waals surface area contributed by atoms with Crippen LogP contribution in [-0.4, -0.2) is 16.8 Å². The van der Waals surface area contributed by atoms with E-state index < -0.39 is 0 Å². The Balaban J connectivity index is 1.83. The summed E-state index contributed by atoms with van der Waals surface area (Å²) in [5, 5.41) is 5.73. The van der Waals surface area contributed by atoms with Gasteiger partial charge < -0.3 is 10.6 Å². The van der Waals surface area contributed by atoms with Gasteiger partial charge in [0.1, 0.15) is 0 Å². The highest BCUT2D eigenvalue weighted by Crippen LogP contribution is 2.26. The Morgan fingerprint density at radius 3 is 2.26 bits per heavy atom. The Morgan fingerprint density at radius 1 is 0.852 bits per heavy atom. The number of aromatic nitrogens is 1. The number of hydrogen-bond acceptors (Lipinski definition) is 3. The van der Waals surface area contributed by atoms with Crippen LogP contribution in [0.25, 0.3) is 11.3 Å². The average Bonchev–Trinajstić information content (AvgIpc) is 2.65. The molecule has 136 valence electrons. The number of carbonyl (C=O) groups excluding carboxylic acids is 2. The fourth-order valence-electron chi connectivity index (χ4n) is 2.79. The number of hydrogen-bond donors (Lipinski definition) is 2. The van der Waals surface area contributed by atoms with Crippen molar-refractivity contribution in [3.63, 3.8) is 0 Å². The number of anilines is 2. The van der Waals surface area contributed by atoms with Gasteiger partial charge in [-0.3, -0.25) is 14.6 Å². The van der Waals surface area contributed by atoms with Crippen LogP contribution in [0.2, 0.25) is 0 Å². The zero-order valence-corrected chi connectivity index (χ0v) is 15.5. The van der Waals surface area contributed by atoms with Crippen LogP contribution in [0.15, 0.2) is 60.8 Å². The van der Waals surface area contributed by atoms with E-state index in [4.69, 9.17) is 0 Å². The SMILES string of the molecule is CC(=O)Nc1cccnc1-c1ccc(C(=O)Nc2cccc(C)c2C)cc1. The maximum absolute atomic E-state index is 12.6.